The van der Waals surface area contributed by atoms with Gasteiger partial charge in [0.05, 0.1) is 0 Å². The van der Waals surface area contributed by atoms with Gasteiger partial charge < -0.3 is 5.73 Å². The van der Waals surface area contributed by atoms with Crippen molar-refractivity contribution in [3.63, 3.8) is 0 Å². The Labute approximate surface area is 65.0 Å². The highest BCUT2D eigenvalue weighted by Crippen LogP contribution is 2.28. The first-order chi connectivity index (χ1) is 5.39. The molecule has 1 heterocycles. The van der Waals surface area contributed by atoms with Gasteiger partial charge in [0.1, 0.15) is 5.69 Å². The van der Waals surface area contributed by atoms with Gasteiger partial charge in [0, 0.05) is 11.8 Å². The topological polar surface area (TPSA) is 38.9 Å². The average Bonchev–Trinajstić information content (AvgIpc) is 1.82. The summed E-state index contributed by atoms with van der Waals surface area (Å²) in [5.41, 5.74) is 3.36. The molecule has 0 unspecified atom stereocenters. The van der Waals surface area contributed by atoms with Crippen LogP contribution < -0.4 is 5.73 Å². The lowest BCUT2D eigenvalue weighted by molar-refractivity contribution is -0.141. The predicted octanol–water partition coefficient (Wildman–Crippen LogP) is 1.82. The molecule has 0 aliphatic heterocycles. The van der Waals surface area contributed by atoms with Crippen LogP contribution in [0, 0.1) is 5.95 Å². The van der Waals surface area contributed by atoms with Crippen LogP contribution in [0.2, 0.25) is 0 Å². The Morgan fingerprint density at radius 1 is 1.25 bits per heavy atom. The lowest BCUT2D eigenvalue weighted by atomic mass is 10.3. The van der Waals surface area contributed by atoms with Crippen molar-refractivity contribution in [3.8, 4) is 0 Å². The summed E-state index contributed by atoms with van der Waals surface area (Å²) < 4.78 is 47.9. The fourth-order valence-electron chi connectivity index (χ4n) is 0.662. The van der Waals surface area contributed by atoms with Crippen LogP contribution in [-0.4, -0.2) is 4.98 Å². The van der Waals surface area contributed by atoms with Gasteiger partial charge in [-0.15, -0.1) is 0 Å². The molecule has 0 fully saturated rings. The minimum Gasteiger partial charge on any atom is -0.399 e. The van der Waals surface area contributed by atoms with Crippen LogP contribution in [0.5, 0.6) is 0 Å². The Balaban J connectivity index is 3.18. The number of nitrogen functional groups attached to an aromatic ring is 1. The number of hydrogen-bond acceptors (Lipinski definition) is 2. The summed E-state index contributed by atoms with van der Waals surface area (Å²) in [4.78, 5) is 2.63. The molecule has 0 atom stereocenters. The molecule has 0 aliphatic rings. The number of halogens is 4. The number of hydrogen-bond donors (Lipinski definition) is 1. The average molecular weight is 180 g/mol. The lowest BCUT2D eigenvalue weighted by Crippen LogP contribution is -2.09. The first kappa shape index (κ1) is 8.76. The second kappa shape index (κ2) is 2.62. The van der Waals surface area contributed by atoms with Gasteiger partial charge in [-0.2, -0.15) is 17.6 Å². The second-order valence-corrected chi connectivity index (χ2v) is 2.11. The molecular formula is C6H4F4N2. The van der Waals surface area contributed by atoms with E-state index in [1.807, 2.05) is 0 Å². The summed E-state index contributed by atoms with van der Waals surface area (Å²) in [6.45, 7) is 0. The summed E-state index contributed by atoms with van der Waals surface area (Å²) in [5.74, 6) is -1.23. The van der Waals surface area contributed by atoms with Gasteiger partial charge in [0.15, 0.2) is 0 Å². The molecule has 0 radical (unpaired) electrons. The Bertz CT molecular complexity index is 274. The van der Waals surface area contributed by atoms with Crippen molar-refractivity contribution in [1.82, 2.24) is 4.98 Å². The summed E-state index contributed by atoms with van der Waals surface area (Å²) in [6, 6.07) is 1.29. The largest absolute Gasteiger partial charge is 0.433 e. The molecule has 0 amide bonds. The molecule has 2 N–H and O–H groups in total. The van der Waals surface area contributed by atoms with Gasteiger partial charge in [0.2, 0.25) is 5.95 Å². The van der Waals surface area contributed by atoms with Crippen molar-refractivity contribution in [2.75, 3.05) is 5.73 Å². The zero-order valence-corrected chi connectivity index (χ0v) is 5.69. The zero-order chi connectivity index (χ0) is 9.35. The Morgan fingerprint density at radius 3 is 2.25 bits per heavy atom. The molecule has 0 saturated heterocycles. The SMILES string of the molecule is Nc1cc(F)nc(C(F)(F)F)c1. The van der Waals surface area contributed by atoms with Gasteiger partial charge in [-0.25, -0.2) is 4.98 Å². The fourth-order valence-corrected chi connectivity index (χ4v) is 0.662. The maximum Gasteiger partial charge on any atom is 0.433 e. The molecule has 1 aromatic heterocycles. The third kappa shape index (κ3) is 1.84. The highest BCUT2D eigenvalue weighted by molar-refractivity contribution is 5.38. The summed E-state index contributed by atoms with van der Waals surface area (Å²) in [6.07, 6.45) is -4.66. The van der Waals surface area contributed by atoms with Gasteiger partial charge >= 0.3 is 6.18 Å². The Morgan fingerprint density at radius 2 is 1.83 bits per heavy atom. The molecule has 0 aliphatic carbocycles. The summed E-state index contributed by atoms with van der Waals surface area (Å²) >= 11 is 0. The van der Waals surface area contributed by atoms with Gasteiger partial charge in [-0.05, 0) is 6.07 Å². The normalized spacial score (nSPS) is 11.7. The minimum absolute atomic E-state index is 0.296. The molecule has 0 aromatic carbocycles. The number of anilines is 1. The van der Waals surface area contributed by atoms with E-state index in [9.17, 15) is 17.6 Å². The van der Waals surface area contributed by atoms with Gasteiger partial charge in [-0.1, -0.05) is 0 Å². The molecule has 66 valence electrons. The van der Waals surface area contributed by atoms with Crippen LogP contribution in [0.3, 0.4) is 0 Å². The van der Waals surface area contributed by atoms with E-state index in [4.69, 9.17) is 5.73 Å². The van der Waals surface area contributed by atoms with E-state index in [0.29, 0.717) is 6.07 Å². The highest BCUT2D eigenvalue weighted by atomic mass is 19.4. The molecule has 2 nitrogen and oxygen atoms in total. The van der Waals surface area contributed by atoms with Crippen LogP contribution in [0.25, 0.3) is 0 Å². The minimum atomic E-state index is -4.66. The Hall–Kier alpha value is -1.33. The van der Waals surface area contributed by atoms with Crippen molar-refractivity contribution in [3.05, 3.63) is 23.8 Å². The molecule has 0 spiro atoms. The van der Waals surface area contributed by atoms with E-state index < -0.39 is 17.8 Å². The van der Waals surface area contributed by atoms with Crippen molar-refractivity contribution < 1.29 is 17.6 Å². The van der Waals surface area contributed by atoms with Crippen molar-refractivity contribution >= 4 is 5.69 Å². The smallest absolute Gasteiger partial charge is 0.399 e. The van der Waals surface area contributed by atoms with Crippen LogP contribution >= 0.6 is 0 Å². The first-order valence-corrected chi connectivity index (χ1v) is 2.90. The van der Waals surface area contributed by atoms with Crippen LogP contribution in [0.4, 0.5) is 23.2 Å². The van der Waals surface area contributed by atoms with Crippen molar-refractivity contribution in [1.29, 1.82) is 0 Å². The summed E-state index contributed by atoms with van der Waals surface area (Å²) in [5, 5.41) is 0. The number of aromatic nitrogens is 1. The molecule has 12 heavy (non-hydrogen) atoms. The number of nitrogens with zero attached hydrogens (tertiary/aromatic N) is 1. The van der Waals surface area contributed by atoms with Gasteiger partial charge in [-0.3, -0.25) is 0 Å². The van der Waals surface area contributed by atoms with E-state index in [0.717, 1.165) is 6.07 Å². The molecule has 6 heteroatoms. The third-order valence-corrected chi connectivity index (χ3v) is 1.11. The maximum atomic E-state index is 12.3. The van der Waals surface area contributed by atoms with Crippen LogP contribution in [0.15, 0.2) is 12.1 Å². The molecule has 0 bridgehead atoms. The fraction of sp³-hybridized carbons (Fsp3) is 0.167. The lowest BCUT2D eigenvalue weighted by Gasteiger charge is -2.05. The van der Waals surface area contributed by atoms with E-state index in [-0.39, 0.29) is 5.69 Å². The van der Waals surface area contributed by atoms with E-state index in [2.05, 4.69) is 4.98 Å². The zero-order valence-electron chi connectivity index (χ0n) is 5.69. The quantitative estimate of drug-likeness (QED) is 0.488. The highest BCUT2D eigenvalue weighted by Gasteiger charge is 2.33. The van der Waals surface area contributed by atoms with E-state index in [1.54, 1.807) is 0 Å². The molecular weight excluding hydrogens is 176 g/mol. The second-order valence-electron chi connectivity index (χ2n) is 2.11. The predicted molar refractivity (Wildman–Crippen MR) is 33.6 cm³/mol. The standard InChI is InChI=1S/C6H4F4N2/c7-5-2-3(11)1-4(12-5)6(8,9)10/h1-2H,(H2,11,12). The monoisotopic (exact) mass is 180 g/mol. The van der Waals surface area contributed by atoms with Gasteiger partial charge in [0.25, 0.3) is 0 Å². The number of rotatable bonds is 0. The molecule has 1 aromatic rings. The van der Waals surface area contributed by atoms with Crippen LogP contribution in [-0.2, 0) is 6.18 Å². The number of nitrogens with two attached hydrogens (primary N) is 1. The number of alkyl halides is 3. The molecule has 0 saturated carbocycles. The van der Waals surface area contributed by atoms with Crippen molar-refractivity contribution in [2.45, 2.75) is 6.18 Å². The van der Waals surface area contributed by atoms with Crippen molar-refractivity contribution in [2.24, 2.45) is 0 Å². The third-order valence-electron chi connectivity index (χ3n) is 1.11. The van der Waals surface area contributed by atoms with E-state index >= 15 is 0 Å². The maximum absolute atomic E-state index is 12.3. The number of pyridine rings is 1. The first-order valence-electron chi connectivity index (χ1n) is 2.90. The van der Waals surface area contributed by atoms with E-state index in [1.165, 1.54) is 0 Å². The Kier molecular flexibility index (Phi) is 1.91. The molecule has 1 rings (SSSR count). The van der Waals surface area contributed by atoms with Crippen LogP contribution in [0.1, 0.15) is 5.69 Å². The summed E-state index contributed by atoms with van der Waals surface area (Å²) in [7, 11) is 0.